The Labute approximate surface area is 252 Å². The number of aliphatic hydroxyl groups is 1. The van der Waals surface area contributed by atoms with E-state index in [4.69, 9.17) is 19.9 Å². The van der Waals surface area contributed by atoms with E-state index < -0.39 is 18.3 Å². The predicted octanol–water partition coefficient (Wildman–Crippen LogP) is 6.03. The van der Waals surface area contributed by atoms with Crippen molar-refractivity contribution in [3.63, 3.8) is 0 Å². The second-order valence-electron chi connectivity index (χ2n) is 16.6. The molecule has 4 unspecified atom stereocenters. The van der Waals surface area contributed by atoms with Crippen LogP contribution in [-0.2, 0) is 14.2 Å². The number of alkyl carbamates (subject to hydrolysis) is 1. The Bertz CT molecular complexity index is 1110. The van der Waals surface area contributed by atoms with Gasteiger partial charge in [0.15, 0.2) is 0 Å². The van der Waals surface area contributed by atoms with Gasteiger partial charge in [0.1, 0.15) is 12.2 Å². The zero-order valence-corrected chi connectivity index (χ0v) is 27.2. The van der Waals surface area contributed by atoms with Gasteiger partial charge in [-0.05, 0) is 104 Å². The maximum absolute atomic E-state index is 12.5. The predicted molar refractivity (Wildman–Crippen MR) is 159 cm³/mol. The zero-order chi connectivity index (χ0) is 30.6. The van der Waals surface area contributed by atoms with E-state index in [9.17, 15) is 14.7 Å². The molecule has 0 aromatic heterocycles. The van der Waals surface area contributed by atoms with Gasteiger partial charge >= 0.3 is 12.2 Å². The summed E-state index contributed by atoms with van der Waals surface area (Å²) in [4.78, 5) is 24.2. The first-order chi connectivity index (χ1) is 19.6. The number of fused-ring (bicyclic) bond motifs is 4. The third-order valence-corrected chi connectivity index (χ3v) is 14.6. The molecule has 0 bridgehead atoms. The maximum atomic E-state index is 12.5. The quantitative estimate of drug-likeness (QED) is 0.361. The van der Waals surface area contributed by atoms with E-state index in [0.717, 1.165) is 38.5 Å². The minimum atomic E-state index is -0.663. The van der Waals surface area contributed by atoms with Gasteiger partial charge in [-0.3, -0.25) is 0 Å². The van der Waals surface area contributed by atoms with Crippen LogP contribution in [-0.4, -0.2) is 54.4 Å². The van der Waals surface area contributed by atoms with E-state index in [2.05, 4.69) is 53.8 Å². The average molecular weight is 589 g/mol. The summed E-state index contributed by atoms with van der Waals surface area (Å²) in [6.45, 7) is 18.3. The molecule has 6 aliphatic rings. The second kappa shape index (κ2) is 9.73. The first-order valence-electron chi connectivity index (χ1n) is 16.8. The number of nitrogens with one attached hydrogen (secondary N) is 1. The molecule has 5 saturated carbocycles. The molecule has 0 aromatic rings. The van der Waals surface area contributed by atoms with Gasteiger partial charge in [0.25, 0.3) is 0 Å². The highest BCUT2D eigenvalue weighted by Crippen LogP contribution is 2.89. The monoisotopic (exact) mass is 588 g/mol. The van der Waals surface area contributed by atoms with Crippen molar-refractivity contribution in [2.45, 2.75) is 137 Å². The van der Waals surface area contributed by atoms with Crippen LogP contribution in [0.25, 0.3) is 0 Å². The van der Waals surface area contributed by atoms with Gasteiger partial charge in [0.05, 0.1) is 18.3 Å². The highest BCUT2D eigenvalue weighted by atomic mass is 16.6. The molecule has 42 heavy (non-hydrogen) atoms. The molecule has 2 spiro atoms. The van der Waals surface area contributed by atoms with E-state index in [1.807, 2.05) is 6.92 Å². The molecule has 0 aromatic carbocycles. The van der Waals surface area contributed by atoms with Crippen LogP contribution in [0.1, 0.15) is 107 Å². The topological polar surface area (TPSA) is 120 Å². The van der Waals surface area contributed by atoms with E-state index in [1.165, 1.54) is 12.8 Å². The fourth-order valence-corrected chi connectivity index (χ4v) is 12.8. The Morgan fingerprint density at radius 1 is 1.05 bits per heavy atom. The molecule has 6 rings (SSSR count). The van der Waals surface area contributed by atoms with Gasteiger partial charge in [-0.1, -0.05) is 48.5 Å². The number of nitrogens with two attached hydrogens (primary N) is 1. The Balaban J connectivity index is 1.29. The maximum Gasteiger partial charge on any atom is 0.407 e. The summed E-state index contributed by atoms with van der Waals surface area (Å²) in [7, 11) is 0. The molecule has 1 aliphatic heterocycles. The fraction of sp³-hybridized carbons (Fsp3) is 0.941. The molecule has 5 aliphatic carbocycles. The third kappa shape index (κ3) is 3.78. The number of carbonyl (C=O) groups is 2. The Kier molecular flexibility index (Phi) is 7.06. The SMILES string of the molecule is CCNC(=O)O[C@H](C(C)C)C1C[C@@H](C)[C@H]2C(O1)[C@H](O)[C@@]1(C)C3CC[C@H]4C(C)(C)C(OC(N)=O)CC[C@@]45C[C@@]35CC[C@]21C. The third-order valence-electron chi connectivity index (χ3n) is 14.6. The summed E-state index contributed by atoms with van der Waals surface area (Å²) < 4.78 is 18.5. The van der Waals surface area contributed by atoms with Crippen LogP contribution in [0, 0.1) is 56.7 Å². The molecule has 6 fully saturated rings. The summed E-state index contributed by atoms with van der Waals surface area (Å²) in [5, 5.41) is 15.2. The lowest BCUT2D eigenvalue weighted by molar-refractivity contribution is -0.184. The number of hydrogen-bond donors (Lipinski definition) is 3. The summed E-state index contributed by atoms with van der Waals surface area (Å²) in [6.07, 6.45) is 5.91. The first kappa shape index (κ1) is 30.5. The standard InChI is InChI=1S/C34H56N2O6/c1-9-36-29(39)42-25(18(2)3)20-16-19(4)24-26(40-20)27(37)32(8)22-11-10-21-30(5,6)23(41-28(35)38)12-13-33(21)17-34(22,33)15-14-31(24,32)7/h18-27,37H,9-17H2,1-8H3,(H2,35,38)(H,36,39)/t19-,20?,21+,22?,23?,24+,25-,26?,27+,31-,32-,33-,34+/m1/s1. The van der Waals surface area contributed by atoms with Crippen molar-refractivity contribution in [2.24, 2.45) is 62.4 Å². The summed E-state index contributed by atoms with van der Waals surface area (Å²) in [5.41, 5.74) is 5.58. The van der Waals surface area contributed by atoms with Gasteiger partial charge in [0, 0.05) is 17.4 Å². The lowest BCUT2D eigenvalue weighted by Gasteiger charge is -2.63. The molecular weight excluding hydrogens is 532 g/mol. The summed E-state index contributed by atoms with van der Waals surface area (Å²) in [6, 6.07) is 0. The van der Waals surface area contributed by atoms with Crippen molar-refractivity contribution in [3.05, 3.63) is 0 Å². The fourth-order valence-electron chi connectivity index (χ4n) is 12.8. The minimum Gasteiger partial charge on any atom is -0.446 e. The average Bonchev–Trinajstić information content (AvgIpc) is 3.53. The Morgan fingerprint density at radius 2 is 1.71 bits per heavy atom. The zero-order valence-electron chi connectivity index (χ0n) is 27.2. The van der Waals surface area contributed by atoms with Gasteiger partial charge in [0.2, 0.25) is 0 Å². The second-order valence-corrected chi connectivity index (χ2v) is 16.6. The molecule has 1 saturated heterocycles. The van der Waals surface area contributed by atoms with E-state index in [1.54, 1.807) is 0 Å². The minimum absolute atomic E-state index is 0.0242. The normalized spacial score (nSPS) is 50.7. The number of ether oxygens (including phenoxy) is 3. The van der Waals surface area contributed by atoms with Gasteiger partial charge in [-0.15, -0.1) is 0 Å². The highest BCUT2D eigenvalue weighted by Gasteiger charge is 2.84. The summed E-state index contributed by atoms with van der Waals surface area (Å²) in [5.74, 6) is 1.66. The summed E-state index contributed by atoms with van der Waals surface area (Å²) >= 11 is 0. The molecule has 8 heteroatoms. The van der Waals surface area contributed by atoms with Crippen molar-refractivity contribution in [1.82, 2.24) is 5.32 Å². The Morgan fingerprint density at radius 3 is 2.36 bits per heavy atom. The van der Waals surface area contributed by atoms with E-state index in [0.29, 0.717) is 24.3 Å². The number of amides is 2. The van der Waals surface area contributed by atoms with Crippen LogP contribution in [0.5, 0.6) is 0 Å². The largest absolute Gasteiger partial charge is 0.446 e. The Hall–Kier alpha value is -1.54. The lowest BCUT2D eigenvalue weighted by Crippen LogP contribution is -2.60. The number of rotatable bonds is 5. The number of aliphatic hydroxyl groups excluding tert-OH is 1. The van der Waals surface area contributed by atoms with Crippen molar-refractivity contribution >= 4 is 12.2 Å². The van der Waals surface area contributed by atoms with Crippen molar-refractivity contribution in [1.29, 1.82) is 0 Å². The first-order valence-corrected chi connectivity index (χ1v) is 16.8. The van der Waals surface area contributed by atoms with Crippen LogP contribution in [0.4, 0.5) is 9.59 Å². The van der Waals surface area contributed by atoms with Crippen LogP contribution in [0.2, 0.25) is 0 Å². The molecule has 2 amide bonds. The van der Waals surface area contributed by atoms with Crippen LogP contribution in [0.3, 0.4) is 0 Å². The number of hydrogen-bond acceptors (Lipinski definition) is 6. The van der Waals surface area contributed by atoms with Crippen molar-refractivity contribution in [3.8, 4) is 0 Å². The van der Waals surface area contributed by atoms with Crippen molar-refractivity contribution < 1.29 is 28.9 Å². The molecule has 0 radical (unpaired) electrons. The highest BCUT2D eigenvalue weighted by molar-refractivity contribution is 5.67. The van der Waals surface area contributed by atoms with Gasteiger partial charge in [-0.25, -0.2) is 9.59 Å². The van der Waals surface area contributed by atoms with Crippen LogP contribution < -0.4 is 11.1 Å². The van der Waals surface area contributed by atoms with E-state index in [-0.39, 0.29) is 63.3 Å². The van der Waals surface area contributed by atoms with E-state index >= 15 is 0 Å². The molecule has 1 heterocycles. The number of carbonyl (C=O) groups excluding carboxylic acids is 2. The van der Waals surface area contributed by atoms with Crippen LogP contribution in [0.15, 0.2) is 0 Å². The molecule has 238 valence electrons. The molecular formula is C34H56N2O6. The molecule has 13 atom stereocenters. The molecule has 8 nitrogen and oxygen atoms in total. The lowest BCUT2D eigenvalue weighted by atomic mass is 9.41. The van der Waals surface area contributed by atoms with Gasteiger partial charge < -0.3 is 30.4 Å². The molecule has 4 N–H and O–H groups in total. The smallest absolute Gasteiger partial charge is 0.407 e. The van der Waals surface area contributed by atoms with Crippen LogP contribution >= 0.6 is 0 Å². The number of primary amides is 1. The van der Waals surface area contributed by atoms with Crippen molar-refractivity contribution in [2.75, 3.05) is 6.54 Å². The van der Waals surface area contributed by atoms with Gasteiger partial charge in [-0.2, -0.15) is 0 Å².